The van der Waals surface area contributed by atoms with Gasteiger partial charge in [-0.2, -0.15) is 0 Å². The van der Waals surface area contributed by atoms with Crippen molar-refractivity contribution < 1.29 is 5.11 Å². The minimum Gasteiger partial charge on any atom is -0.389 e. The summed E-state index contributed by atoms with van der Waals surface area (Å²) in [5.41, 5.74) is 0.534. The summed E-state index contributed by atoms with van der Waals surface area (Å²) in [7, 11) is 0. The van der Waals surface area contributed by atoms with Crippen molar-refractivity contribution in [2.75, 3.05) is 19.6 Å². The standard InChI is InChI=1S/C14H24N2OS/c1-3-7-16-8-4-5-14(17,6-9-16)10-13-15-12(2)11-18-13/h11,17H,3-10H2,1-2H3. The highest BCUT2D eigenvalue weighted by Crippen LogP contribution is 2.27. The Morgan fingerprint density at radius 3 is 2.94 bits per heavy atom. The Bertz CT molecular complexity index is 380. The van der Waals surface area contributed by atoms with Gasteiger partial charge in [0, 0.05) is 24.0 Å². The lowest BCUT2D eigenvalue weighted by Gasteiger charge is -2.26. The molecular formula is C14H24N2OS. The molecular weight excluding hydrogens is 244 g/mol. The first kappa shape index (κ1) is 14.0. The van der Waals surface area contributed by atoms with Gasteiger partial charge in [0.25, 0.3) is 0 Å². The van der Waals surface area contributed by atoms with Crippen molar-refractivity contribution in [3.63, 3.8) is 0 Å². The number of aryl methyl sites for hydroxylation is 1. The second-order valence-corrected chi connectivity index (χ2v) is 6.42. The average molecular weight is 268 g/mol. The van der Waals surface area contributed by atoms with Gasteiger partial charge in [-0.05, 0) is 45.7 Å². The Morgan fingerprint density at radius 2 is 2.28 bits per heavy atom. The topological polar surface area (TPSA) is 36.4 Å². The van der Waals surface area contributed by atoms with Gasteiger partial charge in [-0.15, -0.1) is 11.3 Å². The number of thiazole rings is 1. The summed E-state index contributed by atoms with van der Waals surface area (Å²) < 4.78 is 0. The van der Waals surface area contributed by atoms with Crippen LogP contribution in [0.15, 0.2) is 5.38 Å². The highest BCUT2D eigenvalue weighted by molar-refractivity contribution is 7.09. The molecule has 1 aliphatic rings. The third-order valence-corrected chi connectivity index (χ3v) is 4.66. The third-order valence-electron chi connectivity index (χ3n) is 3.70. The largest absolute Gasteiger partial charge is 0.389 e. The van der Waals surface area contributed by atoms with Gasteiger partial charge < -0.3 is 10.0 Å². The minimum atomic E-state index is -0.535. The summed E-state index contributed by atoms with van der Waals surface area (Å²) in [6.07, 6.45) is 4.81. The van der Waals surface area contributed by atoms with Crippen LogP contribution in [0.5, 0.6) is 0 Å². The van der Waals surface area contributed by atoms with Gasteiger partial charge in [-0.25, -0.2) is 4.98 Å². The van der Waals surface area contributed by atoms with E-state index in [1.165, 1.54) is 6.42 Å². The minimum absolute atomic E-state index is 0.535. The maximum absolute atomic E-state index is 10.7. The van der Waals surface area contributed by atoms with Gasteiger partial charge in [0.2, 0.25) is 0 Å². The molecule has 1 saturated heterocycles. The maximum Gasteiger partial charge on any atom is 0.0956 e. The van der Waals surface area contributed by atoms with Crippen LogP contribution in [0, 0.1) is 6.92 Å². The molecule has 0 saturated carbocycles. The summed E-state index contributed by atoms with van der Waals surface area (Å²) >= 11 is 1.67. The quantitative estimate of drug-likeness (QED) is 0.912. The van der Waals surface area contributed by atoms with E-state index in [0.29, 0.717) is 0 Å². The van der Waals surface area contributed by atoms with Crippen molar-refractivity contribution in [1.29, 1.82) is 0 Å². The summed E-state index contributed by atoms with van der Waals surface area (Å²) in [4.78, 5) is 6.96. The molecule has 18 heavy (non-hydrogen) atoms. The first-order valence-corrected chi connectivity index (χ1v) is 7.85. The van der Waals surface area contributed by atoms with E-state index in [0.717, 1.165) is 56.0 Å². The Hall–Kier alpha value is -0.450. The number of likely N-dealkylation sites (tertiary alicyclic amines) is 1. The van der Waals surface area contributed by atoms with Crippen LogP contribution in [-0.4, -0.2) is 40.2 Å². The van der Waals surface area contributed by atoms with Crippen LogP contribution in [-0.2, 0) is 6.42 Å². The summed E-state index contributed by atoms with van der Waals surface area (Å²) in [5, 5.41) is 13.9. The fourth-order valence-corrected chi connectivity index (χ4v) is 3.62. The van der Waals surface area contributed by atoms with Crippen LogP contribution >= 0.6 is 11.3 Å². The molecule has 1 N–H and O–H groups in total. The van der Waals surface area contributed by atoms with Gasteiger partial charge in [-0.3, -0.25) is 0 Å². The molecule has 102 valence electrons. The SMILES string of the molecule is CCCN1CCCC(O)(Cc2nc(C)cs2)CC1. The molecule has 0 radical (unpaired) electrons. The van der Waals surface area contributed by atoms with Crippen LogP contribution in [0.4, 0.5) is 0 Å². The van der Waals surface area contributed by atoms with Crippen LogP contribution < -0.4 is 0 Å². The Kier molecular flexibility index (Phi) is 4.76. The second-order valence-electron chi connectivity index (χ2n) is 5.48. The molecule has 0 aromatic carbocycles. The number of aliphatic hydroxyl groups is 1. The lowest BCUT2D eigenvalue weighted by atomic mass is 9.91. The van der Waals surface area contributed by atoms with Crippen LogP contribution in [0.3, 0.4) is 0 Å². The van der Waals surface area contributed by atoms with E-state index in [2.05, 4.69) is 22.2 Å². The number of aromatic nitrogens is 1. The molecule has 0 spiro atoms. The number of rotatable bonds is 4. The van der Waals surface area contributed by atoms with Crippen molar-refractivity contribution in [3.8, 4) is 0 Å². The third kappa shape index (κ3) is 3.77. The molecule has 0 bridgehead atoms. The van der Waals surface area contributed by atoms with E-state index in [1.54, 1.807) is 11.3 Å². The van der Waals surface area contributed by atoms with Crippen molar-refractivity contribution in [2.24, 2.45) is 0 Å². The van der Waals surface area contributed by atoms with Crippen molar-refractivity contribution in [2.45, 2.75) is 51.6 Å². The van der Waals surface area contributed by atoms with Gasteiger partial charge >= 0.3 is 0 Å². The molecule has 4 heteroatoms. The van der Waals surface area contributed by atoms with Crippen molar-refractivity contribution in [3.05, 3.63) is 16.1 Å². The summed E-state index contributed by atoms with van der Waals surface area (Å²) in [6.45, 7) is 7.55. The first-order chi connectivity index (χ1) is 8.61. The fourth-order valence-electron chi connectivity index (χ4n) is 2.72. The highest BCUT2D eigenvalue weighted by Gasteiger charge is 2.31. The molecule has 1 aromatic heterocycles. The lowest BCUT2D eigenvalue weighted by Crippen LogP contribution is -2.33. The smallest absolute Gasteiger partial charge is 0.0956 e. The van der Waals surface area contributed by atoms with E-state index in [9.17, 15) is 5.11 Å². The molecule has 2 rings (SSSR count). The Labute approximate surface area is 114 Å². The zero-order valence-electron chi connectivity index (χ0n) is 11.5. The summed E-state index contributed by atoms with van der Waals surface area (Å²) in [6, 6.07) is 0. The first-order valence-electron chi connectivity index (χ1n) is 6.97. The number of nitrogens with zero attached hydrogens (tertiary/aromatic N) is 2. The van der Waals surface area contributed by atoms with E-state index in [1.807, 2.05) is 6.92 Å². The number of hydrogen-bond donors (Lipinski definition) is 1. The monoisotopic (exact) mass is 268 g/mol. The molecule has 2 heterocycles. The molecule has 1 fully saturated rings. The van der Waals surface area contributed by atoms with Crippen molar-refractivity contribution >= 4 is 11.3 Å². The maximum atomic E-state index is 10.7. The van der Waals surface area contributed by atoms with Gasteiger partial charge in [0.1, 0.15) is 0 Å². The Morgan fingerprint density at radius 1 is 1.44 bits per heavy atom. The average Bonchev–Trinajstić information content (AvgIpc) is 2.62. The van der Waals surface area contributed by atoms with Gasteiger partial charge in [0.15, 0.2) is 0 Å². The molecule has 1 aromatic rings. The predicted octanol–water partition coefficient (Wildman–Crippen LogP) is 2.62. The van der Waals surface area contributed by atoms with Crippen LogP contribution in [0.1, 0.15) is 43.3 Å². The Balaban J connectivity index is 1.94. The fraction of sp³-hybridized carbons (Fsp3) is 0.786. The van der Waals surface area contributed by atoms with E-state index in [-0.39, 0.29) is 0 Å². The summed E-state index contributed by atoms with van der Waals surface area (Å²) in [5.74, 6) is 0. The predicted molar refractivity (Wildman–Crippen MR) is 76.1 cm³/mol. The normalized spacial score (nSPS) is 26.2. The van der Waals surface area contributed by atoms with E-state index >= 15 is 0 Å². The zero-order valence-corrected chi connectivity index (χ0v) is 12.3. The molecule has 1 atom stereocenters. The van der Waals surface area contributed by atoms with Crippen molar-refractivity contribution in [1.82, 2.24) is 9.88 Å². The van der Waals surface area contributed by atoms with Gasteiger partial charge in [0.05, 0.1) is 10.6 Å². The molecule has 0 amide bonds. The molecule has 0 aliphatic carbocycles. The second kappa shape index (κ2) is 6.13. The van der Waals surface area contributed by atoms with Crippen LogP contribution in [0.2, 0.25) is 0 Å². The lowest BCUT2D eigenvalue weighted by molar-refractivity contribution is 0.0256. The molecule has 3 nitrogen and oxygen atoms in total. The van der Waals surface area contributed by atoms with E-state index < -0.39 is 5.60 Å². The molecule has 1 aliphatic heterocycles. The number of hydrogen-bond acceptors (Lipinski definition) is 4. The molecule has 1 unspecified atom stereocenters. The van der Waals surface area contributed by atoms with Crippen LogP contribution in [0.25, 0.3) is 0 Å². The van der Waals surface area contributed by atoms with E-state index in [4.69, 9.17) is 0 Å². The zero-order chi connectivity index (χ0) is 13.0. The highest BCUT2D eigenvalue weighted by atomic mass is 32.1. The van der Waals surface area contributed by atoms with Gasteiger partial charge in [-0.1, -0.05) is 6.92 Å².